The summed E-state index contributed by atoms with van der Waals surface area (Å²) < 4.78 is 16.8. The zero-order valence-corrected chi connectivity index (χ0v) is 11.3. The molecule has 0 spiro atoms. The normalized spacial score (nSPS) is 33.3. The van der Waals surface area contributed by atoms with Crippen molar-refractivity contribution in [3.8, 4) is 0 Å². The zero-order chi connectivity index (χ0) is 16.0. The molecule has 12 heteroatoms. The molecular weight excluding hydrogens is 309 g/mol. The molecule has 0 bridgehead atoms. The highest BCUT2D eigenvalue weighted by molar-refractivity contribution is 7.53. The van der Waals surface area contributed by atoms with Crippen LogP contribution in [0.2, 0.25) is 0 Å². The molecular formula is C9H14N3O8P. The van der Waals surface area contributed by atoms with Crippen LogP contribution in [0.3, 0.4) is 0 Å². The minimum absolute atomic E-state index is 0.268. The minimum atomic E-state index is -5.22. The summed E-state index contributed by atoms with van der Waals surface area (Å²) in [6.45, 7) is -0.788. The number of aliphatic hydroxyl groups is 3. The van der Waals surface area contributed by atoms with Crippen LogP contribution in [0.4, 0.5) is 0 Å². The average molecular weight is 323 g/mol. The van der Waals surface area contributed by atoms with Gasteiger partial charge in [-0.05, 0) is 0 Å². The van der Waals surface area contributed by atoms with E-state index in [-0.39, 0.29) is 5.69 Å². The maximum atomic E-state index is 11.8. The van der Waals surface area contributed by atoms with Crippen molar-refractivity contribution in [2.45, 2.75) is 23.7 Å². The van der Waals surface area contributed by atoms with E-state index in [0.717, 1.165) is 6.20 Å². The number of aromatic amines is 1. The third kappa shape index (κ3) is 2.28. The molecule has 1 amide bonds. The molecule has 11 nitrogen and oxygen atoms in total. The summed E-state index contributed by atoms with van der Waals surface area (Å²) in [6, 6.07) is 0. The topological polar surface area (TPSA) is 199 Å². The first kappa shape index (κ1) is 16.0. The number of amides is 1. The molecule has 0 aromatic carbocycles. The van der Waals surface area contributed by atoms with E-state index in [1.54, 1.807) is 0 Å². The lowest BCUT2D eigenvalue weighted by molar-refractivity contribution is -0.0618. The fourth-order valence-electron chi connectivity index (χ4n) is 2.15. The highest BCUT2D eigenvalue weighted by Crippen LogP contribution is 2.62. The summed E-state index contributed by atoms with van der Waals surface area (Å²) in [5.41, 5.74) is 4.73. The number of imidazole rings is 1. The molecule has 1 aliphatic heterocycles. The second-order valence-electron chi connectivity index (χ2n) is 4.52. The van der Waals surface area contributed by atoms with Crippen molar-refractivity contribution in [1.82, 2.24) is 9.97 Å². The molecule has 1 saturated heterocycles. The number of aromatic nitrogens is 2. The van der Waals surface area contributed by atoms with Crippen LogP contribution < -0.4 is 5.73 Å². The second kappa shape index (κ2) is 5.14. The van der Waals surface area contributed by atoms with Crippen molar-refractivity contribution in [1.29, 1.82) is 0 Å². The fraction of sp³-hybridized carbons (Fsp3) is 0.556. The Labute approximate surface area is 117 Å². The van der Waals surface area contributed by atoms with E-state index in [2.05, 4.69) is 9.97 Å². The van der Waals surface area contributed by atoms with Gasteiger partial charge in [0.1, 0.15) is 24.0 Å². The van der Waals surface area contributed by atoms with Crippen molar-refractivity contribution >= 4 is 13.5 Å². The molecule has 2 heterocycles. The SMILES string of the molecule is NC(=O)c1cnc(C2(P(=O)(O)O)O[C@H](CO)[C@@H](O)[C@H]2O)[nH]1. The number of nitrogens with zero attached hydrogens (tertiary/aromatic N) is 1. The van der Waals surface area contributed by atoms with E-state index in [0.29, 0.717) is 0 Å². The summed E-state index contributed by atoms with van der Waals surface area (Å²) in [7, 11) is -5.22. The van der Waals surface area contributed by atoms with Crippen molar-refractivity contribution in [2.24, 2.45) is 5.73 Å². The Morgan fingerprint density at radius 3 is 2.52 bits per heavy atom. The van der Waals surface area contributed by atoms with Gasteiger partial charge in [-0.2, -0.15) is 0 Å². The molecule has 2 rings (SSSR count). The first-order valence-corrected chi connectivity index (χ1v) is 7.32. The Balaban J connectivity index is 2.59. The first-order valence-electron chi connectivity index (χ1n) is 5.71. The lowest BCUT2D eigenvalue weighted by atomic mass is 10.1. The van der Waals surface area contributed by atoms with Crippen LogP contribution in [0.15, 0.2) is 6.20 Å². The molecule has 0 radical (unpaired) electrons. The summed E-state index contributed by atoms with van der Waals surface area (Å²) in [6.07, 6.45) is -4.37. The predicted octanol–water partition coefficient (Wildman–Crippen LogP) is -3.05. The number of hydrogen-bond donors (Lipinski definition) is 7. The van der Waals surface area contributed by atoms with Gasteiger partial charge in [0.2, 0.25) is 0 Å². The monoisotopic (exact) mass is 323 g/mol. The third-order valence-corrected chi connectivity index (χ3v) is 4.68. The molecule has 0 saturated carbocycles. The number of primary amides is 1. The third-order valence-electron chi connectivity index (χ3n) is 3.23. The molecule has 1 aromatic heterocycles. The van der Waals surface area contributed by atoms with Crippen LogP contribution in [0.5, 0.6) is 0 Å². The maximum Gasteiger partial charge on any atom is 0.367 e. The molecule has 1 aliphatic rings. The van der Waals surface area contributed by atoms with Gasteiger partial charge in [0, 0.05) is 0 Å². The molecule has 118 valence electrons. The average Bonchev–Trinajstić information content (AvgIpc) is 2.95. The quantitative estimate of drug-likeness (QED) is 0.281. The summed E-state index contributed by atoms with van der Waals surface area (Å²) in [5.74, 6) is -1.52. The zero-order valence-electron chi connectivity index (χ0n) is 10.4. The van der Waals surface area contributed by atoms with Crippen LogP contribution in [-0.4, -0.2) is 65.9 Å². The number of nitrogens with two attached hydrogens (primary N) is 1. The Morgan fingerprint density at radius 2 is 2.14 bits per heavy atom. The summed E-state index contributed by atoms with van der Waals surface area (Å²) >= 11 is 0. The van der Waals surface area contributed by atoms with Crippen LogP contribution >= 0.6 is 7.60 Å². The number of carbonyl (C=O) groups is 1. The van der Waals surface area contributed by atoms with Gasteiger partial charge in [-0.1, -0.05) is 0 Å². The highest BCUT2D eigenvalue weighted by Gasteiger charge is 2.66. The van der Waals surface area contributed by atoms with Crippen LogP contribution in [0.25, 0.3) is 0 Å². The van der Waals surface area contributed by atoms with Gasteiger partial charge in [-0.3, -0.25) is 9.36 Å². The molecule has 1 aromatic rings. The van der Waals surface area contributed by atoms with Gasteiger partial charge in [0.05, 0.1) is 12.8 Å². The Morgan fingerprint density at radius 1 is 1.52 bits per heavy atom. The van der Waals surface area contributed by atoms with Gasteiger partial charge in [-0.25, -0.2) is 4.98 Å². The Kier molecular flexibility index (Phi) is 3.93. The number of ether oxygens (including phenoxy) is 1. The number of H-pyrrole nitrogens is 1. The van der Waals surface area contributed by atoms with Gasteiger partial charge in [-0.15, -0.1) is 0 Å². The van der Waals surface area contributed by atoms with Gasteiger partial charge >= 0.3 is 7.60 Å². The standard InChI is InChI=1S/C9H14N3O8P/c10-7(16)3-1-11-8(12-3)9(21(17,18)19)6(15)5(14)4(2-13)20-9/h1,4-6,13-15H,2H2,(H2,10,16)(H,11,12)(H2,17,18,19)/t4-,5-,6-,9?/m1/s1. The first-order chi connectivity index (χ1) is 9.65. The van der Waals surface area contributed by atoms with Crippen LogP contribution in [0.1, 0.15) is 16.3 Å². The van der Waals surface area contributed by atoms with Crippen LogP contribution in [0, 0.1) is 0 Å². The van der Waals surface area contributed by atoms with Crippen molar-refractivity contribution in [2.75, 3.05) is 6.61 Å². The van der Waals surface area contributed by atoms with E-state index in [1.807, 2.05) is 0 Å². The number of rotatable bonds is 4. The largest absolute Gasteiger partial charge is 0.394 e. The maximum absolute atomic E-state index is 11.8. The van der Waals surface area contributed by atoms with Crippen molar-refractivity contribution < 1.29 is 39.2 Å². The van der Waals surface area contributed by atoms with E-state index in [1.165, 1.54) is 0 Å². The fourth-order valence-corrected chi connectivity index (χ4v) is 3.31. The summed E-state index contributed by atoms with van der Waals surface area (Å²) in [5, 5.41) is 26.0. The van der Waals surface area contributed by atoms with Crippen molar-refractivity contribution in [3.05, 3.63) is 17.7 Å². The highest BCUT2D eigenvalue weighted by atomic mass is 31.2. The van der Waals surface area contributed by atoms with Gasteiger partial charge in [0.15, 0.2) is 5.82 Å². The van der Waals surface area contributed by atoms with E-state index < -0.39 is 49.6 Å². The lowest BCUT2D eigenvalue weighted by Gasteiger charge is -2.30. The van der Waals surface area contributed by atoms with E-state index in [9.17, 15) is 29.4 Å². The second-order valence-corrected chi connectivity index (χ2v) is 6.28. The molecule has 0 aliphatic carbocycles. The van der Waals surface area contributed by atoms with Gasteiger partial charge in [0.25, 0.3) is 11.2 Å². The predicted molar refractivity (Wildman–Crippen MR) is 64.8 cm³/mol. The molecule has 1 fully saturated rings. The minimum Gasteiger partial charge on any atom is -0.394 e. The molecule has 4 atom stereocenters. The van der Waals surface area contributed by atoms with Crippen molar-refractivity contribution in [3.63, 3.8) is 0 Å². The molecule has 8 N–H and O–H groups in total. The number of hydrogen-bond acceptors (Lipinski definition) is 7. The number of aliphatic hydroxyl groups excluding tert-OH is 3. The summed E-state index contributed by atoms with van der Waals surface area (Å²) in [4.78, 5) is 35.9. The van der Waals surface area contributed by atoms with E-state index >= 15 is 0 Å². The Bertz CT molecular complexity index is 600. The van der Waals surface area contributed by atoms with E-state index in [4.69, 9.17) is 15.6 Å². The smallest absolute Gasteiger partial charge is 0.367 e. The number of nitrogens with one attached hydrogen (secondary N) is 1. The van der Waals surface area contributed by atoms with Gasteiger partial charge < -0.3 is 40.6 Å². The lowest BCUT2D eigenvalue weighted by Crippen LogP contribution is -2.41. The Hall–Kier alpha value is -1.33. The molecule has 1 unspecified atom stereocenters. The molecule has 21 heavy (non-hydrogen) atoms. The number of carbonyl (C=O) groups excluding carboxylic acids is 1. The van der Waals surface area contributed by atoms with Crippen LogP contribution in [-0.2, 0) is 14.6 Å².